The maximum atomic E-state index is 12.1. The van der Waals surface area contributed by atoms with Crippen molar-refractivity contribution in [3.63, 3.8) is 0 Å². The minimum Gasteiger partial charge on any atom is -0.383 e. The predicted molar refractivity (Wildman–Crippen MR) is 71.6 cm³/mol. The molecule has 2 unspecified atom stereocenters. The van der Waals surface area contributed by atoms with Gasteiger partial charge in [-0.25, -0.2) is 0 Å². The van der Waals surface area contributed by atoms with Crippen molar-refractivity contribution in [1.82, 2.24) is 4.90 Å². The van der Waals surface area contributed by atoms with Crippen molar-refractivity contribution >= 4 is 17.5 Å². The fourth-order valence-electron chi connectivity index (χ4n) is 2.52. The topological polar surface area (TPSA) is 29.5 Å². The molecule has 18 heavy (non-hydrogen) atoms. The number of ether oxygens (including phenoxy) is 1. The Bertz CT molecular complexity index is 396. The highest BCUT2D eigenvalue weighted by Gasteiger charge is 2.46. The van der Waals surface area contributed by atoms with E-state index < -0.39 is 0 Å². The van der Waals surface area contributed by atoms with Gasteiger partial charge in [-0.3, -0.25) is 4.79 Å². The molecule has 0 bridgehead atoms. The van der Waals surface area contributed by atoms with Crippen molar-refractivity contribution in [3.05, 3.63) is 35.9 Å². The average molecular weight is 268 g/mol. The van der Waals surface area contributed by atoms with Crippen LogP contribution < -0.4 is 0 Å². The molecule has 3 nitrogen and oxygen atoms in total. The SMILES string of the molecule is COCCN1C(=O)C(CCCl)C1c1ccccc1. The highest BCUT2D eigenvalue weighted by Crippen LogP contribution is 2.41. The second-order valence-corrected chi connectivity index (χ2v) is 4.84. The van der Waals surface area contributed by atoms with E-state index in [1.807, 2.05) is 23.1 Å². The van der Waals surface area contributed by atoms with E-state index in [4.69, 9.17) is 16.3 Å². The average Bonchev–Trinajstić information content (AvgIpc) is 2.42. The van der Waals surface area contributed by atoms with Crippen LogP contribution in [0.15, 0.2) is 30.3 Å². The third-order valence-corrected chi connectivity index (χ3v) is 3.63. The fraction of sp³-hybridized carbons (Fsp3) is 0.500. The molecule has 1 aliphatic heterocycles. The lowest BCUT2D eigenvalue weighted by Gasteiger charge is -2.47. The molecule has 1 aliphatic rings. The molecule has 0 aliphatic carbocycles. The summed E-state index contributed by atoms with van der Waals surface area (Å²) >= 11 is 5.78. The van der Waals surface area contributed by atoms with E-state index in [1.54, 1.807) is 7.11 Å². The van der Waals surface area contributed by atoms with Gasteiger partial charge in [-0.15, -0.1) is 11.6 Å². The number of methoxy groups -OCH3 is 1. The van der Waals surface area contributed by atoms with Crippen molar-refractivity contribution in [2.24, 2.45) is 5.92 Å². The van der Waals surface area contributed by atoms with Crippen LogP contribution >= 0.6 is 11.6 Å². The summed E-state index contributed by atoms with van der Waals surface area (Å²) in [6, 6.07) is 10.3. The molecule has 1 fully saturated rings. The van der Waals surface area contributed by atoms with Gasteiger partial charge in [0.25, 0.3) is 0 Å². The minimum absolute atomic E-state index is 0.0294. The van der Waals surface area contributed by atoms with Crippen molar-refractivity contribution in [2.75, 3.05) is 26.1 Å². The maximum Gasteiger partial charge on any atom is 0.228 e. The van der Waals surface area contributed by atoms with Crippen molar-refractivity contribution in [3.8, 4) is 0 Å². The zero-order valence-corrected chi connectivity index (χ0v) is 11.3. The molecule has 4 heteroatoms. The summed E-state index contributed by atoms with van der Waals surface area (Å²) in [6.45, 7) is 1.22. The van der Waals surface area contributed by atoms with Gasteiger partial charge in [0, 0.05) is 19.5 Å². The molecule has 1 amide bonds. The summed E-state index contributed by atoms with van der Waals surface area (Å²) in [5, 5.41) is 0. The van der Waals surface area contributed by atoms with Crippen LogP contribution in [0.1, 0.15) is 18.0 Å². The lowest BCUT2D eigenvalue weighted by Crippen LogP contribution is -2.55. The molecule has 2 atom stereocenters. The molecule has 0 N–H and O–H groups in total. The predicted octanol–water partition coefficient (Wildman–Crippen LogP) is 2.46. The van der Waals surface area contributed by atoms with Crippen LogP contribution in [0.3, 0.4) is 0 Å². The molecule has 0 spiro atoms. The summed E-state index contributed by atoms with van der Waals surface area (Å²) in [5.74, 6) is 0.751. The number of β-lactam (4-membered cyclic amide) rings is 1. The van der Waals surface area contributed by atoms with Gasteiger partial charge in [-0.2, -0.15) is 0 Å². The van der Waals surface area contributed by atoms with Gasteiger partial charge in [0.15, 0.2) is 0 Å². The maximum absolute atomic E-state index is 12.1. The molecular weight excluding hydrogens is 250 g/mol. The van der Waals surface area contributed by atoms with Gasteiger partial charge >= 0.3 is 0 Å². The summed E-state index contributed by atoms with van der Waals surface area (Å²) in [4.78, 5) is 13.9. The van der Waals surface area contributed by atoms with Crippen molar-refractivity contribution in [1.29, 1.82) is 0 Å². The first-order chi connectivity index (χ1) is 8.79. The normalized spacial score (nSPS) is 23.0. The smallest absolute Gasteiger partial charge is 0.228 e. The Morgan fingerprint density at radius 2 is 2.06 bits per heavy atom. The Morgan fingerprint density at radius 3 is 2.67 bits per heavy atom. The molecule has 1 aromatic rings. The third-order valence-electron chi connectivity index (χ3n) is 3.41. The Kier molecular flexibility index (Phi) is 4.61. The highest BCUT2D eigenvalue weighted by atomic mass is 35.5. The Hall–Kier alpha value is -1.06. The zero-order valence-electron chi connectivity index (χ0n) is 10.5. The van der Waals surface area contributed by atoms with Crippen LogP contribution in [0.5, 0.6) is 0 Å². The lowest BCUT2D eigenvalue weighted by atomic mass is 9.80. The number of likely N-dealkylation sites (tertiary alicyclic amines) is 1. The summed E-state index contributed by atoms with van der Waals surface area (Å²) in [5.41, 5.74) is 1.18. The van der Waals surface area contributed by atoms with Gasteiger partial charge in [0.05, 0.1) is 18.6 Å². The summed E-state index contributed by atoms with van der Waals surface area (Å²) < 4.78 is 5.06. The highest BCUT2D eigenvalue weighted by molar-refractivity contribution is 6.18. The molecular formula is C14H18ClNO2. The molecule has 1 saturated heterocycles. The first-order valence-electron chi connectivity index (χ1n) is 6.20. The first kappa shape index (κ1) is 13.4. The van der Waals surface area contributed by atoms with Crippen LogP contribution in [-0.2, 0) is 9.53 Å². The summed E-state index contributed by atoms with van der Waals surface area (Å²) in [6.07, 6.45) is 0.740. The lowest BCUT2D eigenvalue weighted by molar-refractivity contribution is -0.158. The van der Waals surface area contributed by atoms with E-state index in [1.165, 1.54) is 5.56 Å². The second-order valence-electron chi connectivity index (χ2n) is 4.46. The minimum atomic E-state index is 0.0294. The van der Waals surface area contributed by atoms with Crippen LogP contribution in [-0.4, -0.2) is 36.9 Å². The molecule has 1 aromatic carbocycles. The van der Waals surface area contributed by atoms with E-state index in [0.29, 0.717) is 19.0 Å². The third kappa shape index (κ3) is 2.52. The number of carbonyl (C=O) groups is 1. The number of amides is 1. The van der Waals surface area contributed by atoms with Crippen LogP contribution in [0, 0.1) is 5.92 Å². The standard InChI is InChI=1S/C14H18ClNO2/c1-18-10-9-16-13(11-5-3-2-4-6-11)12(7-8-15)14(16)17/h2-6,12-13H,7-10H2,1H3. The number of carbonyl (C=O) groups excluding carboxylic acids is 1. The van der Waals surface area contributed by atoms with Gasteiger partial charge in [-0.1, -0.05) is 30.3 Å². The number of rotatable bonds is 6. The van der Waals surface area contributed by atoms with Crippen LogP contribution in [0.4, 0.5) is 0 Å². The fourth-order valence-corrected chi connectivity index (χ4v) is 2.76. The van der Waals surface area contributed by atoms with E-state index >= 15 is 0 Å². The molecule has 0 saturated carbocycles. The van der Waals surface area contributed by atoms with E-state index in [-0.39, 0.29) is 17.9 Å². The number of benzene rings is 1. The monoisotopic (exact) mass is 267 g/mol. The molecule has 2 rings (SSSR count). The second kappa shape index (κ2) is 6.21. The molecule has 1 heterocycles. The van der Waals surface area contributed by atoms with Gasteiger partial charge in [-0.05, 0) is 12.0 Å². The largest absolute Gasteiger partial charge is 0.383 e. The number of alkyl halides is 1. The zero-order chi connectivity index (χ0) is 13.0. The quantitative estimate of drug-likeness (QED) is 0.585. The van der Waals surface area contributed by atoms with Crippen LogP contribution in [0.25, 0.3) is 0 Å². The molecule has 0 aromatic heterocycles. The van der Waals surface area contributed by atoms with E-state index in [2.05, 4.69) is 12.1 Å². The Balaban J connectivity index is 2.13. The number of hydrogen-bond acceptors (Lipinski definition) is 2. The van der Waals surface area contributed by atoms with Gasteiger partial charge in [0.2, 0.25) is 5.91 Å². The van der Waals surface area contributed by atoms with Crippen molar-refractivity contribution < 1.29 is 9.53 Å². The van der Waals surface area contributed by atoms with Crippen molar-refractivity contribution in [2.45, 2.75) is 12.5 Å². The van der Waals surface area contributed by atoms with E-state index in [0.717, 1.165) is 6.42 Å². The van der Waals surface area contributed by atoms with Gasteiger partial charge < -0.3 is 9.64 Å². The Morgan fingerprint density at radius 1 is 1.33 bits per heavy atom. The van der Waals surface area contributed by atoms with E-state index in [9.17, 15) is 4.79 Å². The molecule has 98 valence electrons. The first-order valence-corrected chi connectivity index (χ1v) is 6.73. The molecule has 0 radical (unpaired) electrons. The summed E-state index contributed by atoms with van der Waals surface area (Å²) in [7, 11) is 1.65. The number of nitrogens with zero attached hydrogens (tertiary/aromatic N) is 1. The number of halogens is 1. The number of hydrogen-bond donors (Lipinski definition) is 0. The Labute approximate surface area is 113 Å². The van der Waals surface area contributed by atoms with Crippen LogP contribution in [0.2, 0.25) is 0 Å². The van der Waals surface area contributed by atoms with Gasteiger partial charge in [0.1, 0.15) is 0 Å².